The van der Waals surface area contributed by atoms with Gasteiger partial charge in [0, 0.05) is 42.7 Å². The molecule has 2 amide bonds. The second-order valence-electron chi connectivity index (χ2n) is 10.2. The van der Waals surface area contributed by atoms with Crippen LogP contribution in [-0.4, -0.2) is 46.7 Å². The summed E-state index contributed by atoms with van der Waals surface area (Å²) in [6.45, 7) is 2.08. The first-order valence-corrected chi connectivity index (χ1v) is 13.9. The van der Waals surface area contributed by atoms with Crippen LogP contribution >= 0.6 is 0 Å². The highest BCUT2D eigenvalue weighted by Gasteiger charge is 2.24. The lowest BCUT2D eigenvalue weighted by Crippen LogP contribution is -2.34. The number of Topliss-reactive ketones (excluding diaryl/α,β-unsaturated/α-hetero) is 1. The number of nitrogens with one attached hydrogen (secondary N) is 1. The van der Waals surface area contributed by atoms with Gasteiger partial charge in [-0.2, -0.15) is 0 Å². The van der Waals surface area contributed by atoms with Crippen molar-refractivity contribution in [3.05, 3.63) is 108 Å². The average Bonchev–Trinajstić information content (AvgIpc) is 3.13. The number of likely N-dealkylation sites (tertiary alicyclic amines) is 1. The van der Waals surface area contributed by atoms with Crippen LogP contribution in [0.25, 0.3) is 10.9 Å². The van der Waals surface area contributed by atoms with Gasteiger partial charge in [-0.25, -0.2) is 0 Å². The Morgan fingerprint density at radius 1 is 0.744 bits per heavy atom. The molecule has 0 radical (unpaired) electrons. The van der Waals surface area contributed by atoms with Crippen LogP contribution in [0, 0.1) is 0 Å². The lowest BCUT2D eigenvalue weighted by molar-refractivity contribution is -0.131. The zero-order valence-corrected chi connectivity index (χ0v) is 22.2. The third-order valence-electron chi connectivity index (χ3n) is 7.63. The van der Waals surface area contributed by atoms with Gasteiger partial charge in [-0.3, -0.25) is 14.4 Å². The van der Waals surface area contributed by atoms with Gasteiger partial charge in [0.15, 0.2) is 0 Å². The van der Waals surface area contributed by atoms with E-state index in [1.54, 1.807) is 6.20 Å². The summed E-state index contributed by atoms with van der Waals surface area (Å²) in [5.74, 6) is -1.05. The molecule has 0 saturated carbocycles. The second-order valence-corrected chi connectivity index (χ2v) is 10.2. The van der Waals surface area contributed by atoms with E-state index in [4.69, 9.17) is 0 Å². The highest BCUT2D eigenvalue weighted by molar-refractivity contribution is 6.45. The summed E-state index contributed by atoms with van der Waals surface area (Å²) < 4.78 is 1.81. The van der Waals surface area contributed by atoms with Gasteiger partial charge in [0.1, 0.15) is 6.54 Å². The summed E-state index contributed by atoms with van der Waals surface area (Å²) in [5, 5.41) is 3.54. The van der Waals surface area contributed by atoms with Crippen molar-refractivity contribution in [2.24, 2.45) is 0 Å². The Kier molecular flexibility index (Phi) is 8.51. The fraction of sp³-hybridized carbons (Fsp3) is 0.303. The molecule has 200 valence electrons. The molecule has 0 unspecified atom stereocenters. The van der Waals surface area contributed by atoms with Gasteiger partial charge in [0.25, 0.3) is 11.7 Å². The number of hydrogen-bond acceptors (Lipinski definition) is 3. The Labute approximate surface area is 229 Å². The minimum atomic E-state index is -0.628. The standard InChI is InChI=1S/C33H35N3O3/c37-31(35-21-11-1-2-12-22-35)24-36-23-29(28-17-9-10-18-30(28)36)32(38)33(39)34-20-19-27(25-13-5-3-6-14-25)26-15-7-4-8-16-26/h3-10,13-18,23,27H,1-2,11-12,19-22,24H2,(H,34,39). The zero-order valence-electron chi connectivity index (χ0n) is 22.2. The summed E-state index contributed by atoms with van der Waals surface area (Å²) in [6, 6.07) is 27.9. The van der Waals surface area contributed by atoms with Crippen LogP contribution in [0.3, 0.4) is 0 Å². The van der Waals surface area contributed by atoms with Gasteiger partial charge in [0.05, 0.1) is 5.56 Å². The van der Waals surface area contributed by atoms with E-state index in [0.29, 0.717) is 23.9 Å². The summed E-state index contributed by atoms with van der Waals surface area (Å²) in [6.07, 6.45) is 6.69. The number of para-hydroxylation sites is 1. The number of aromatic nitrogens is 1. The van der Waals surface area contributed by atoms with Gasteiger partial charge >= 0.3 is 0 Å². The van der Waals surface area contributed by atoms with Crippen molar-refractivity contribution in [3.8, 4) is 0 Å². The van der Waals surface area contributed by atoms with Crippen LogP contribution in [0.2, 0.25) is 0 Å². The quantitative estimate of drug-likeness (QED) is 0.231. The number of fused-ring (bicyclic) bond motifs is 1. The second kappa shape index (κ2) is 12.6. The molecule has 6 nitrogen and oxygen atoms in total. The van der Waals surface area contributed by atoms with E-state index in [2.05, 4.69) is 29.6 Å². The van der Waals surface area contributed by atoms with Crippen molar-refractivity contribution in [1.29, 1.82) is 0 Å². The van der Waals surface area contributed by atoms with Crippen LogP contribution in [0.5, 0.6) is 0 Å². The number of rotatable bonds is 9. The van der Waals surface area contributed by atoms with Crippen molar-refractivity contribution in [3.63, 3.8) is 0 Å². The number of ketones is 1. The number of carbonyl (C=O) groups is 3. The molecule has 3 aromatic carbocycles. The van der Waals surface area contributed by atoms with E-state index < -0.39 is 11.7 Å². The molecule has 0 aliphatic carbocycles. The highest BCUT2D eigenvalue weighted by atomic mass is 16.2. The largest absolute Gasteiger partial charge is 0.349 e. The van der Waals surface area contributed by atoms with Gasteiger partial charge < -0.3 is 14.8 Å². The van der Waals surface area contributed by atoms with Crippen LogP contribution < -0.4 is 5.32 Å². The number of carbonyl (C=O) groups excluding carboxylic acids is 3. The summed E-state index contributed by atoms with van der Waals surface area (Å²) in [7, 11) is 0. The number of hydrogen-bond donors (Lipinski definition) is 1. The van der Waals surface area contributed by atoms with Gasteiger partial charge in [0.2, 0.25) is 5.91 Å². The van der Waals surface area contributed by atoms with Crippen LogP contribution in [0.1, 0.15) is 59.5 Å². The molecule has 1 aliphatic rings. The molecular formula is C33H35N3O3. The van der Waals surface area contributed by atoms with Crippen LogP contribution in [0.4, 0.5) is 0 Å². The fourth-order valence-electron chi connectivity index (χ4n) is 5.55. The lowest BCUT2D eigenvalue weighted by atomic mass is 9.88. The average molecular weight is 522 g/mol. The van der Waals surface area contributed by atoms with Gasteiger partial charge in [-0.15, -0.1) is 0 Å². The predicted molar refractivity (Wildman–Crippen MR) is 154 cm³/mol. The summed E-state index contributed by atoms with van der Waals surface area (Å²) in [5.41, 5.74) is 3.45. The van der Waals surface area contributed by atoms with E-state index >= 15 is 0 Å². The minimum Gasteiger partial charge on any atom is -0.349 e. The highest BCUT2D eigenvalue weighted by Crippen LogP contribution is 2.27. The molecule has 1 aliphatic heterocycles. The fourth-order valence-corrected chi connectivity index (χ4v) is 5.55. The molecule has 2 heterocycles. The Balaban J connectivity index is 1.28. The van der Waals surface area contributed by atoms with E-state index in [-0.39, 0.29) is 18.4 Å². The molecular weight excluding hydrogens is 486 g/mol. The Morgan fingerprint density at radius 2 is 1.33 bits per heavy atom. The van der Waals surface area contributed by atoms with Crippen LogP contribution in [0.15, 0.2) is 91.1 Å². The number of nitrogens with zero attached hydrogens (tertiary/aromatic N) is 2. The van der Waals surface area contributed by atoms with Crippen molar-refractivity contribution in [2.75, 3.05) is 19.6 Å². The predicted octanol–water partition coefficient (Wildman–Crippen LogP) is 5.57. The molecule has 1 saturated heterocycles. The number of amides is 2. The number of benzene rings is 3. The SMILES string of the molecule is O=C(NCCC(c1ccccc1)c1ccccc1)C(=O)c1cn(CC(=O)N2CCCCCC2)c2ccccc12. The molecule has 4 aromatic rings. The molecule has 0 spiro atoms. The third-order valence-corrected chi connectivity index (χ3v) is 7.63. The van der Waals surface area contributed by atoms with Crippen molar-refractivity contribution in [2.45, 2.75) is 44.6 Å². The van der Waals surface area contributed by atoms with Gasteiger partial charge in [-0.05, 0) is 36.5 Å². The Morgan fingerprint density at radius 3 is 1.97 bits per heavy atom. The maximum absolute atomic E-state index is 13.3. The maximum atomic E-state index is 13.3. The van der Waals surface area contributed by atoms with E-state index in [9.17, 15) is 14.4 Å². The molecule has 0 bridgehead atoms. The zero-order chi connectivity index (χ0) is 27.0. The van der Waals surface area contributed by atoms with Crippen molar-refractivity contribution in [1.82, 2.24) is 14.8 Å². The first-order chi connectivity index (χ1) is 19.1. The van der Waals surface area contributed by atoms with Crippen LogP contribution in [-0.2, 0) is 16.1 Å². The lowest BCUT2D eigenvalue weighted by Gasteiger charge is -2.20. The minimum absolute atomic E-state index is 0.0500. The van der Waals surface area contributed by atoms with E-state index in [0.717, 1.165) is 44.3 Å². The monoisotopic (exact) mass is 521 g/mol. The molecule has 1 aromatic heterocycles. The Bertz CT molecular complexity index is 1380. The smallest absolute Gasteiger partial charge is 0.292 e. The molecule has 6 heteroatoms. The maximum Gasteiger partial charge on any atom is 0.292 e. The topological polar surface area (TPSA) is 71.4 Å². The van der Waals surface area contributed by atoms with Crippen molar-refractivity contribution >= 4 is 28.5 Å². The van der Waals surface area contributed by atoms with E-state index in [1.807, 2.05) is 70.1 Å². The molecule has 1 N–H and O–H groups in total. The van der Waals surface area contributed by atoms with Gasteiger partial charge in [-0.1, -0.05) is 91.7 Å². The molecule has 0 atom stereocenters. The van der Waals surface area contributed by atoms with Crippen molar-refractivity contribution < 1.29 is 14.4 Å². The summed E-state index contributed by atoms with van der Waals surface area (Å²) >= 11 is 0. The molecule has 39 heavy (non-hydrogen) atoms. The summed E-state index contributed by atoms with van der Waals surface area (Å²) in [4.78, 5) is 41.3. The normalized spacial score (nSPS) is 13.8. The third kappa shape index (κ3) is 6.28. The first-order valence-electron chi connectivity index (χ1n) is 13.9. The molecule has 1 fully saturated rings. The first kappa shape index (κ1) is 26.4. The molecule has 5 rings (SSSR count). The Hall–Kier alpha value is -4.19. The van der Waals surface area contributed by atoms with E-state index in [1.165, 1.54) is 11.1 Å².